The molecule has 0 radical (unpaired) electrons. The average molecular weight is 277 g/mol. The van der Waals surface area contributed by atoms with E-state index >= 15 is 0 Å². The zero-order valence-electron chi connectivity index (χ0n) is 11.2. The topological polar surface area (TPSA) is 46.4 Å². The lowest BCUT2D eigenvalue weighted by atomic mass is 10.4. The Bertz CT molecular complexity index is 381. The Kier molecular flexibility index (Phi) is 4.43. The number of nitrogens with zero attached hydrogens (tertiary/aromatic N) is 1. The van der Waals surface area contributed by atoms with Gasteiger partial charge in [-0.15, -0.1) is 0 Å². The van der Waals surface area contributed by atoms with E-state index in [2.05, 4.69) is 27.4 Å². The van der Waals surface area contributed by atoms with Crippen LogP contribution in [-0.4, -0.2) is 39.9 Å². The zero-order chi connectivity index (χ0) is 13.3. The molecule has 2 atom stereocenters. The summed E-state index contributed by atoms with van der Waals surface area (Å²) < 4.78 is 30.1. The van der Waals surface area contributed by atoms with Gasteiger partial charge in [-0.2, -0.15) is 4.31 Å². The van der Waals surface area contributed by atoms with E-state index in [-0.39, 0.29) is 6.04 Å². The quantitative estimate of drug-likeness (QED) is 0.407. The number of hydrogen-bond donors (Lipinski definition) is 0. The summed E-state index contributed by atoms with van der Waals surface area (Å²) in [6.07, 6.45) is 1.23. The molecule has 1 saturated heterocycles. The van der Waals surface area contributed by atoms with E-state index in [4.69, 9.17) is 4.43 Å². The predicted molar refractivity (Wildman–Crippen MR) is 72.8 cm³/mol. The van der Waals surface area contributed by atoms with Crippen LogP contribution in [0.25, 0.3) is 0 Å². The van der Waals surface area contributed by atoms with Crippen LogP contribution in [0.15, 0.2) is 12.3 Å². The minimum Gasteiger partial charge on any atom is -0.546 e. The lowest BCUT2D eigenvalue weighted by Crippen LogP contribution is -2.36. The van der Waals surface area contributed by atoms with Gasteiger partial charge in [0.1, 0.15) is 0 Å². The van der Waals surface area contributed by atoms with Crippen LogP contribution in [0.4, 0.5) is 0 Å². The smallest absolute Gasteiger partial charge is 0.250 e. The number of sulfonamides is 1. The molecule has 1 heterocycles. The first-order valence-electron chi connectivity index (χ1n) is 6.14. The molecule has 17 heavy (non-hydrogen) atoms. The maximum absolute atomic E-state index is 11.3. The third kappa shape index (κ3) is 3.32. The lowest BCUT2D eigenvalue weighted by Gasteiger charge is -2.30. The highest BCUT2D eigenvalue weighted by molar-refractivity contribution is 7.88. The molecule has 1 aliphatic rings. The molecule has 0 saturated carbocycles. The van der Waals surface area contributed by atoms with E-state index in [0.717, 1.165) is 18.1 Å². The summed E-state index contributed by atoms with van der Waals surface area (Å²) in [4.78, 5) is 0. The molecular weight excluding hydrogens is 254 g/mol. The van der Waals surface area contributed by atoms with Crippen molar-refractivity contribution in [2.75, 3.05) is 12.8 Å². The Morgan fingerprint density at radius 1 is 1.35 bits per heavy atom. The van der Waals surface area contributed by atoms with Crippen molar-refractivity contribution in [1.82, 2.24) is 4.31 Å². The summed E-state index contributed by atoms with van der Waals surface area (Å²) in [6, 6.07) is 3.02. The van der Waals surface area contributed by atoms with Crippen molar-refractivity contribution in [3.05, 3.63) is 12.3 Å². The molecule has 6 heteroatoms. The van der Waals surface area contributed by atoms with Crippen molar-refractivity contribution >= 4 is 18.3 Å². The van der Waals surface area contributed by atoms with E-state index < -0.39 is 18.3 Å². The lowest BCUT2D eigenvalue weighted by molar-refractivity contribution is 0.384. The van der Waals surface area contributed by atoms with Crippen LogP contribution in [0, 0.1) is 0 Å². The Hall–Kier alpha value is -0.333. The van der Waals surface area contributed by atoms with E-state index in [1.54, 1.807) is 0 Å². The fourth-order valence-corrected chi connectivity index (χ4v) is 5.68. The Balaban J connectivity index is 2.63. The van der Waals surface area contributed by atoms with Gasteiger partial charge in [0.15, 0.2) is 0 Å². The average Bonchev–Trinajstić information content (AvgIpc) is 3.05. The second-order valence-electron chi connectivity index (χ2n) is 4.66. The summed E-state index contributed by atoms with van der Waals surface area (Å²) in [7, 11) is -4.80. The molecule has 0 aliphatic carbocycles. The number of rotatable bonds is 7. The summed E-state index contributed by atoms with van der Waals surface area (Å²) in [5.74, 6) is 0.646. The van der Waals surface area contributed by atoms with Crippen molar-refractivity contribution in [1.29, 1.82) is 0 Å². The molecule has 0 N–H and O–H groups in total. The third-order valence-corrected chi connectivity index (χ3v) is 9.46. The van der Waals surface area contributed by atoms with Gasteiger partial charge in [-0.05, 0) is 18.1 Å². The minimum absolute atomic E-state index is 0.124. The first kappa shape index (κ1) is 14.7. The fraction of sp³-hybridized carbons (Fsp3) is 0.818. The predicted octanol–water partition coefficient (Wildman–Crippen LogP) is 2.17. The van der Waals surface area contributed by atoms with Crippen molar-refractivity contribution < 1.29 is 12.8 Å². The van der Waals surface area contributed by atoms with E-state index in [1.807, 2.05) is 0 Å². The van der Waals surface area contributed by atoms with Crippen LogP contribution in [0.5, 0.6) is 0 Å². The summed E-state index contributed by atoms with van der Waals surface area (Å²) in [5, 5.41) is 0. The van der Waals surface area contributed by atoms with E-state index in [9.17, 15) is 8.42 Å². The number of hydrogen-bond acceptors (Lipinski definition) is 3. The molecular formula is C11H23NO3SSi. The summed E-state index contributed by atoms with van der Waals surface area (Å²) >= 11 is 0. The Morgan fingerprint density at radius 3 is 2.12 bits per heavy atom. The summed E-state index contributed by atoms with van der Waals surface area (Å²) in [6.45, 7) is 10.9. The molecule has 4 nitrogen and oxygen atoms in total. The second kappa shape index (κ2) is 5.12. The van der Waals surface area contributed by atoms with Crippen LogP contribution >= 0.6 is 0 Å². The molecule has 1 fully saturated rings. The standard InChI is InChI=1S/C11H23NO3SSi/c1-6-17(7-2,8-3)15-10(4)11-9-12(11)16(5,13)14/h11H,4,6-9H2,1-3,5H3/t11-,12?/m0/s1. The SMILES string of the molecule is C=C(O[Si](CC)(CC)CC)[C@@H]1CN1S(C)(=O)=O. The van der Waals surface area contributed by atoms with Crippen LogP contribution in [0.1, 0.15) is 20.8 Å². The highest BCUT2D eigenvalue weighted by atomic mass is 32.2. The van der Waals surface area contributed by atoms with Crippen molar-refractivity contribution in [3.8, 4) is 0 Å². The van der Waals surface area contributed by atoms with Gasteiger partial charge >= 0.3 is 0 Å². The molecule has 0 spiro atoms. The minimum atomic E-state index is -3.09. The molecule has 0 bridgehead atoms. The highest BCUT2D eigenvalue weighted by Crippen LogP contribution is 2.33. The van der Waals surface area contributed by atoms with Gasteiger partial charge < -0.3 is 4.43 Å². The molecule has 0 amide bonds. The van der Waals surface area contributed by atoms with E-state index in [1.165, 1.54) is 10.6 Å². The van der Waals surface area contributed by atoms with Gasteiger partial charge in [0.05, 0.1) is 18.1 Å². The van der Waals surface area contributed by atoms with Gasteiger partial charge in [0.25, 0.3) is 0 Å². The zero-order valence-corrected chi connectivity index (χ0v) is 13.0. The first-order chi connectivity index (χ1) is 7.79. The Morgan fingerprint density at radius 2 is 1.82 bits per heavy atom. The van der Waals surface area contributed by atoms with Crippen molar-refractivity contribution in [3.63, 3.8) is 0 Å². The largest absolute Gasteiger partial charge is 0.546 e. The maximum atomic E-state index is 11.3. The summed E-state index contributed by atoms with van der Waals surface area (Å²) in [5.41, 5.74) is 0. The normalized spacial score (nSPS) is 24.5. The first-order valence-corrected chi connectivity index (χ1v) is 10.5. The molecule has 0 aromatic rings. The Labute approximate surface area is 106 Å². The van der Waals surface area contributed by atoms with Crippen LogP contribution in [0.3, 0.4) is 0 Å². The highest BCUT2D eigenvalue weighted by Gasteiger charge is 2.46. The third-order valence-electron chi connectivity index (χ3n) is 3.65. The maximum Gasteiger partial charge on any atom is 0.250 e. The van der Waals surface area contributed by atoms with Gasteiger partial charge in [-0.1, -0.05) is 27.4 Å². The molecule has 1 rings (SSSR count). The van der Waals surface area contributed by atoms with E-state index in [0.29, 0.717) is 12.3 Å². The van der Waals surface area contributed by atoms with Crippen LogP contribution in [-0.2, 0) is 14.4 Å². The molecule has 100 valence electrons. The molecule has 0 aromatic heterocycles. The van der Waals surface area contributed by atoms with Gasteiger partial charge in [-0.25, -0.2) is 8.42 Å². The molecule has 0 aromatic carbocycles. The molecule has 1 aliphatic heterocycles. The van der Waals surface area contributed by atoms with Gasteiger partial charge in [0, 0.05) is 6.54 Å². The van der Waals surface area contributed by atoms with Crippen molar-refractivity contribution in [2.45, 2.75) is 44.9 Å². The second-order valence-corrected chi connectivity index (χ2v) is 11.3. The van der Waals surface area contributed by atoms with Crippen LogP contribution in [0.2, 0.25) is 18.1 Å². The van der Waals surface area contributed by atoms with Gasteiger partial charge in [0.2, 0.25) is 18.3 Å². The van der Waals surface area contributed by atoms with Gasteiger partial charge in [-0.3, -0.25) is 0 Å². The van der Waals surface area contributed by atoms with Crippen LogP contribution < -0.4 is 0 Å². The fourth-order valence-electron chi connectivity index (χ4n) is 2.06. The monoisotopic (exact) mass is 277 g/mol. The molecule has 1 unspecified atom stereocenters. The van der Waals surface area contributed by atoms with Crippen molar-refractivity contribution in [2.24, 2.45) is 0 Å².